The Labute approximate surface area is 95.2 Å². The molecular formula is C9H8N4O2S. The van der Waals surface area contributed by atoms with Gasteiger partial charge in [-0.3, -0.25) is 4.98 Å². The van der Waals surface area contributed by atoms with Gasteiger partial charge >= 0.3 is 5.97 Å². The molecule has 82 valence electrons. The monoisotopic (exact) mass is 236 g/mol. The first-order valence-corrected chi connectivity index (χ1v) is 5.19. The summed E-state index contributed by atoms with van der Waals surface area (Å²) in [5.74, 6) is -0.362. The molecule has 0 aliphatic rings. The number of pyridine rings is 1. The summed E-state index contributed by atoms with van der Waals surface area (Å²) in [4.78, 5) is 18.9. The fraction of sp³-hybridized carbons (Fsp3) is 0.111. The van der Waals surface area contributed by atoms with E-state index in [1.54, 1.807) is 6.92 Å². The fourth-order valence-electron chi connectivity index (χ4n) is 1.14. The lowest BCUT2D eigenvalue weighted by Crippen LogP contribution is -2.02. The second kappa shape index (κ2) is 4.23. The zero-order chi connectivity index (χ0) is 11.5. The van der Waals surface area contributed by atoms with Crippen LogP contribution in [-0.2, 0) is 0 Å². The number of aromatic nitrogens is 3. The number of rotatable bonds is 3. The zero-order valence-electron chi connectivity index (χ0n) is 8.34. The van der Waals surface area contributed by atoms with Crippen LogP contribution in [0.1, 0.15) is 16.2 Å². The van der Waals surface area contributed by atoms with Crippen LogP contribution in [0.4, 0.5) is 10.8 Å². The number of aryl methyl sites for hydroxylation is 1. The van der Waals surface area contributed by atoms with Gasteiger partial charge in [0.15, 0.2) is 0 Å². The van der Waals surface area contributed by atoms with Crippen LogP contribution in [0.15, 0.2) is 18.5 Å². The smallest absolute Gasteiger partial charge is 0.337 e. The SMILES string of the molecule is Cc1nsc(Nc2cnccc2C(=O)O)n1. The minimum atomic E-state index is -1.01. The average Bonchev–Trinajstić information content (AvgIpc) is 2.64. The normalized spacial score (nSPS) is 10.1. The molecule has 16 heavy (non-hydrogen) atoms. The van der Waals surface area contributed by atoms with E-state index < -0.39 is 5.97 Å². The lowest BCUT2D eigenvalue weighted by molar-refractivity contribution is 0.0698. The molecule has 2 aromatic rings. The Morgan fingerprint density at radius 1 is 1.56 bits per heavy atom. The number of carboxylic acids is 1. The molecule has 0 aliphatic carbocycles. The molecule has 2 heterocycles. The van der Waals surface area contributed by atoms with Crippen LogP contribution in [0.5, 0.6) is 0 Å². The van der Waals surface area contributed by atoms with Crippen LogP contribution < -0.4 is 5.32 Å². The molecule has 2 rings (SSSR count). The molecule has 0 radical (unpaired) electrons. The minimum absolute atomic E-state index is 0.155. The Balaban J connectivity index is 2.31. The number of carbonyl (C=O) groups is 1. The first-order valence-electron chi connectivity index (χ1n) is 4.41. The van der Waals surface area contributed by atoms with Crippen molar-refractivity contribution in [3.05, 3.63) is 29.8 Å². The molecule has 0 bridgehead atoms. The van der Waals surface area contributed by atoms with Crippen LogP contribution in [0, 0.1) is 6.92 Å². The van der Waals surface area contributed by atoms with E-state index in [1.807, 2.05) is 0 Å². The van der Waals surface area contributed by atoms with Crippen molar-refractivity contribution >= 4 is 28.3 Å². The molecular weight excluding hydrogens is 228 g/mol. The highest BCUT2D eigenvalue weighted by Gasteiger charge is 2.11. The van der Waals surface area contributed by atoms with Gasteiger partial charge < -0.3 is 10.4 Å². The van der Waals surface area contributed by atoms with Gasteiger partial charge in [0.05, 0.1) is 17.4 Å². The van der Waals surface area contributed by atoms with Crippen molar-refractivity contribution in [3.8, 4) is 0 Å². The van der Waals surface area contributed by atoms with Crippen LogP contribution in [0.3, 0.4) is 0 Å². The van der Waals surface area contributed by atoms with Crippen molar-refractivity contribution in [1.82, 2.24) is 14.3 Å². The molecule has 0 atom stereocenters. The molecule has 2 aromatic heterocycles. The zero-order valence-corrected chi connectivity index (χ0v) is 9.15. The first kappa shape index (κ1) is 10.5. The van der Waals surface area contributed by atoms with Crippen molar-refractivity contribution < 1.29 is 9.90 Å². The average molecular weight is 236 g/mol. The molecule has 0 aromatic carbocycles. The first-order chi connectivity index (χ1) is 7.66. The third-order valence-corrected chi connectivity index (χ3v) is 2.54. The summed E-state index contributed by atoms with van der Waals surface area (Å²) in [7, 11) is 0. The van der Waals surface area contributed by atoms with E-state index in [0.29, 0.717) is 16.6 Å². The van der Waals surface area contributed by atoms with Gasteiger partial charge in [-0.15, -0.1) is 0 Å². The summed E-state index contributed by atoms with van der Waals surface area (Å²) in [5, 5.41) is 12.4. The molecule has 0 saturated carbocycles. The second-order valence-electron chi connectivity index (χ2n) is 3.00. The number of hydrogen-bond acceptors (Lipinski definition) is 6. The third kappa shape index (κ3) is 2.14. The number of carboxylic acid groups (broad SMARTS) is 1. The van der Waals surface area contributed by atoms with Gasteiger partial charge in [0.25, 0.3) is 0 Å². The van der Waals surface area contributed by atoms with Crippen molar-refractivity contribution in [2.45, 2.75) is 6.92 Å². The number of aromatic carboxylic acids is 1. The molecule has 0 amide bonds. The van der Waals surface area contributed by atoms with E-state index in [9.17, 15) is 4.79 Å². The summed E-state index contributed by atoms with van der Waals surface area (Å²) < 4.78 is 3.99. The molecule has 0 saturated heterocycles. The molecule has 6 nitrogen and oxygen atoms in total. The largest absolute Gasteiger partial charge is 0.478 e. The standard InChI is InChI=1S/C9H8N4O2S/c1-5-11-9(16-13-5)12-7-4-10-3-2-6(7)8(14)15/h2-4H,1H3,(H,14,15)(H,11,12,13). The van der Waals surface area contributed by atoms with E-state index in [0.717, 1.165) is 0 Å². The predicted molar refractivity (Wildman–Crippen MR) is 59.1 cm³/mol. The predicted octanol–water partition coefficient (Wildman–Crippen LogP) is 1.68. The Morgan fingerprint density at radius 3 is 3.00 bits per heavy atom. The van der Waals surface area contributed by atoms with Gasteiger partial charge in [-0.1, -0.05) is 0 Å². The fourth-order valence-corrected chi connectivity index (χ4v) is 1.73. The third-order valence-electron chi connectivity index (χ3n) is 1.82. The number of hydrogen-bond donors (Lipinski definition) is 2. The van der Waals surface area contributed by atoms with E-state index in [2.05, 4.69) is 19.7 Å². The summed E-state index contributed by atoms with van der Waals surface area (Å²) in [5.41, 5.74) is 0.564. The maximum atomic E-state index is 10.9. The summed E-state index contributed by atoms with van der Waals surface area (Å²) >= 11 is 1.17. The topological polar surface area (TPSA) is 88.0 Å². The molecule has 2 N–H and O–H groups in total. The Morgan fingerprint density at radius 2 is 2.38 bits per heavy atom. The van der Waals surface area contributed by atoms with Crippen molar-refractivity contribution in [2.75, 3.05) is 5.32 Å². The van der Waals surface area contributed by atoms with Crippen molar-refractivity contribution in [1.29, 1.82) is 0 Å². The van der Waals surface area contributed by atoms with Gasteiger partial charge in [0, 0.05) is 17.7 Å². The van der Waals surface area contributed by atoms with Crippen LogP contribution in [-0.4, -0.2) is 25.4 Å². The van der Waals surface area contributed by atoms with Gasteiger partial charge in [-0.25, -0.2) is 9.78 Å². The molecule has 0 fully saturated rings. The van der Waals surface area contributed by atoms with Crippen molar-refractivity contribution in [3.63, 3.8) is 0 Å². The Kier molecular flexibility index (Phi) is 2.78. The molecule has 0 unspecified atom stereocenters. The summed E-state index contributed by atoms with van der Waals surface area (Å²) in [6, 6.07) is 1.43. The van der Waals surface area contributed by atoms with Crippen LogP contribution >= 0.6 is 11.5 Å². The lowest BCUT2D eigenvalue weighted by Gasteiger charge is -2.04. The quantitative estimate of drug-likeness (QED) is 0.843. The van der Waals surface area contributed by atoms with Gasteiger partial charge in [0.1, 0.15) is 5.82 Å². The van der Waals surface area contributed by atoms with Crippen molar-refractivity contribution in [2.24, 2.45) is 0 Å². The van der Waals surface area contributed by atoms with E-state index >= 15 is 0 Å². The molecule has 7 heteroatoms. The highest BCUT2D eigenvalue weighted by atomic mass is 32.1. The summed E-state index contributed by atoms with van der Waals surface area (Å²) in [6.07, 6.45) is 2.88. The molecule has 0 spiro atoms. The highest BCUT2D eigenvalue weighted by Crippen LogP contribution is 2.20. The Hall–Kier alpha value is -2.02. The highest BCUT2D eigenvalue weighted by molar-refractivity contribution is 7.09. The van der Waals surface area contributed by atoms with Crippen LogP contribution in [0.25, 0.3) is 0 Å². The van der Waals surface area contributed by atoms with Gasteiger partial charge in [-0.2, -0.15) is 4.37 Å². The van der Waals surface area contributed by atoms with Crippen LogP contribution in [0.2, 0.25) is 0 Å². The van der Waals surface area contributed by atoms with E-state index in [-0.39, 0.29) is 5.56 Å². The number of nitrogens with zero attached hydrogens (tertiary/aromatic N) is 3. The summed E-state index contributed by atoms with van der Waals surface area (Å²) in [6.45, 7) is 1.77. The number of nitrogens with one attached hydrogen (secondary N) is 1. The minimum Gasteiger partial charge on any atom is -0.478 e. The maximum absolute atomic E-state index is 10.9. The van der Waals surface area contributed by atoms with E-state index in [1.165, 1.54) is 30.0 Å². The molecule has 0 aliphatic heterocycles. The van der Waals surface area contributed by atoms with E-state index in [4.69, 9.17) is 5.11 Å². The lowest BCUT2D eigenvalue weighted by atomic mass is 10.2. The number of anilines is 2. The van der Waals surface area contributed by atoms with Gasteiger partial charge in [0.2, 0.25) is 5.13 Å². The van der Waals surface area contributed by atoms with Gasteiger partial charge in [-0.05, 0) is 13.0 Å². The Bertz CT molecular complexity index is 526. The second-order valence-corrected chi connectivity index (χ2v) is 3.75. The maximum Gasteiger partial charge on any atom is 0.337 e.